The van der Waals surface area contributed by atoms with E-state index in [1.165, 1.54) is 0 Å². The predicted octanol–water partition coefficient (Wildman–Crippen LogP) is 8.56. The molecule has 2 aromatic rings. The average Bonchev–Trinajstić information content (AvgIpc) is 2.71. The highest BCUT2D eigenvalue weighted by Crippen LogP contribution is 2.51. The number of hydrogen-bond donors (Lipinski definition) is 0. The molecule has 0 bridgehead atoms. The van der Waals surface area contributed by atoms with Crippen molar-refractivity contribution < 1.29 is 36.2 Å². The summed E-state index contributed by atoms with van der Waals surface area (Å²) < 4.78 is 80.0. The zero-order chi connectivity index (χ0) is 25.8. The molecule has 0 saturated carbocycles. The van der Waals surface area contributed by atoms with E-state index >= 15 is 0 Å². The van der Waals surface area contributed by atoms with Crippen molar-refractivity contribution in [2.75, 3.05) is 11.5 Å². The molecule has 0 amide bonds. The Balaban J connectivity index is 2.67. The Morgan fingerprint density at radius 2 is 1.03 bits per heavy atom. The highest BCUT2D eigenvalue weighted by atomic mass is 33.1. The fourth-order valence-corrected chi connectivity index (χ4v) is 7.25. The van der Waals surface area contributed by atoms with Crippen LogP contribution < -0.4 is 0 Å². The lowest BCUT2D eigenvalue weighted by atomic mass is 10.2. The van der Waals surface area contributed by atoms with Crippen LogP contribution in [0.5, 0.6) is 0 Å². The SMILES string of the molecule is CCSc1c(SSc2cc(C(F)(F)F)cc([N+](=O)[O-])c2SCC)cc(C(F)(F)F)cc1[N+](=O)[O-]. The van der Waals surface area contributed by atoms with Crippen LogP contribution in [0.4, 0.5) is 37.7 Å². The maximum Gasteiger partial charge on any atom is 0.416 e. The van der Waals surface area contributed by atoms with Crippen LogP contribution in [0.1, 0.15) is 25.0 Å². The van der Waals surface area contributed by atoms with Gasteiger partial charge in [-0.1, -0.05) is 35.4 Å². The highest BCUT2D eigenvalue weighted by molar-refractivity contribution is 8.76. The molecule has 2 rings (SSSR count). The van der Waals surface area contributed by atoms with E-state index < -0.39 is 44.7 Å². The summed E-state index contributed by atoms with van der Waals surface area (Å²) in [4.78, 5) is 20.4. The Kier molecular flexibility index (Phi) is 9.46. The van der Waals surface area contributed by atoms with Crippen LogP contribution in [0.2, 0.25) is 0 Å². The predicted molar refractivity (Wildman–Crippen MR) is 121 cm³/mol. The molecule has 0 aliphatic rings. The van der Waals surface area contributed by atoms with E-state index in [-0.39, 0.29) is 31.1 Å². The van der Waals surface area contributed by atoms with Crippen LogP contribution in [0.3, 0.4) is 0 Å². The van der Waals surface area contributed by atoms with E-state index in [0.29, 0.717) is 45.9 Å². The minimum Gasteiger partial charge on any atom is -0.258 e. The minimum atomic E-state index is -4.90. The molecule has 186 valence electrons. The van der Waals surface area contributed by atoms with Gasteiger partial charge in [-0.05, 0) is 23.6 Å². The molecular weight excluding hydrogens is 550 g/mol. The zero-order valence-electron chi connectivity index (χ0n) is 17.2. The second-order valence-corrected chi connectivity index (χ2v) is 10.9. The van der Waals surface area contributed by atoms with Crippen LogP contribution >= 0.6 is 45.1 Å². The molecule has 0 spiro atoms. The summed E-state index contributed by atoms with van der Waals surface area (Å²) in [5.74, 6) is 0.548. The second kappa shape index (κ2) is 11.3. The van der Waals surface area contributed by atoms with Crippen molar-refractivity contribution in [2.45, 2.75) is 45.8 Å². The fourth-order valence-electron chi connectivity index (χ4n) is 2.57. The molecule has 0 heterocycles. The summed E-state index contributed by atoms with van der Waals surface area (Å²) in [7, 11) is 1.14. The van der Waals surface area contributed by atoms with Gasteiger partial charge in [-0.3, -0.25) is 20.2 Å². The summed E-state index contributed by atoms with van der Waals surface area (Å²) in [5.41, 5.74) is -4.16. The van der Waals surface area contributed by atoms with Gasteiger partial charge in [-0.2, -0.15) is 26.3 Å². The summed E-state index contributed by atoms with van der Waals surface area (Å²) in [5, 5.41) is 22.8. The second-order valence-electron chi connectivity index (χ2n) is 6.19. The first-order valence-electron chi connectivity index (χ1n) is 9.10. The number of halogens is 6. The molecule has 34 heavy (non-hydrogen) atoms. The van der Waals surface area contributed by atoms with E-state index in [4.69, 9.17) is 0 Å². The third kappa shape index (κ3) is 6.88. The van der Waals surface area contributed by atoms with Gasteiger partial charge in [0.2, 0.25) is 0 Å². The van der Waals surface area contributed by atoms with Crippen molar-refractivity contribution in [1.82, 2.24) is 0 Å². The maximum atomic E-state index is 13.3. The van der Waals surface area contributed by atoms with Crippen LogP contribution in [-0.2, 0) is 12.4 Å². The minimum absolute atomic E-state index is 0.0795. The first kappa shape index (κ1) is 28.5. The molecule has 0 radical (unpaired) electrons. The van der Waals surface area contributed by atoms with E-state index in [0.717, 1.165) is 23.5 Å². The number of alkyl halides is 6. The van der Waals surface area contributed by atoms with Crippen molar-refractivity contribution in [2.24, 2.45) is 0 Å². The van der Waals surface area contributed by atoms with Gasteiger partial charge >= 0.3 is 12.4 Å². The molecule has 0 aliphatic heterocycles. The number of benzene rings is 2. The van der Waals surface area contributed by atoms with Gasteiger partial charge in [0.05, 0.1) is 30.8 Å². The first-order valence-corrected chi connectivity index (χ1v) is 13.2. The molecule has 16 heteroatoms. The van der Waals surface area contributed by atoms with Crippen LogP contribution in [0, 0.1) is 20.2 Å². The van der Waals surface area contributed by atoms with Crippen molar-refractivity contribution in [3.05, 3.63) is 55.6 Å². The third-order valence-electron chi connectivity index (χ3n) is 3.92. The first-order chi connectivity index (χ1) is 15.7. The summed E-state index contributed by atoms with van der Waals surface area (Å²) in [6, 6.07) is 2.16. The molecule has 0 N–H and O–H groups in total. The molecule has 0 unspecified atom stereocenters. The Hall–Kier alpha value is -1.78. The normalized spacial score (nSPS) is 12.1. The molecule has 0 fully saturated rings. The van der Waals surface area contributed by atoms with E-state index in [1.807, 2.05) is 0 Å². The standard InChI is InChI=1S/C18H14F6N2O4S4/c1-3-31-15-11(25(27)28)5-9(17(19,20)21)7-13(15)33-34-14-8-10(18(22,23)24)6-12(26(29)30)16(14)32-4-2/h5-8H,3-4H2,1-2H3. The quantitative estimate of drug-likeness (QED) is 0.0984. The molecule has 0 atom stereocenters. The molecular formula is C18H14F6N2O4S4. The van der Waals surface area contributed by atoms with Gasteiger partial charge in [0.25, 0.3) is 11.4 Å². The Morgan fingerprint density at radius 3 is 1.26 bits per heavy atom. The number of nitrogens with zero attached hydrogens (tertiary/aromatic N) is 2. The zero-order valence-corrected chi connectivity index (χ0v) is 20.4. The smallest absolute Gasteiger partial charge is 0.258 e. The van der Waals surface area contributed by atoms with Gasteiger partial charge in [0.15, 0.2) is 0 Å². The van der Waals surface area contributed by atoms with Crippen LogP contribution in [-0.4, -0.2) is 21.4 Å². The Bertz CT molecular complexity index is 1010. The van der Waals surface area contributed by atoms with E-state index in [2.05, 4.69) is 0 Å². The van der Waals surface area contributed by atoms with Gasteiger partial charge < -0.3 is 0 Å². The van der Waals surface area contributed by atoms with Crippen molar-refractivity contribution in [3.8, 4) is 0 Å². The molecule has 2 aromatic carbocycles. The number of nitro benzene ring substituents is 2. The summed E-state index contributed by atoms with van der Waals surface area (Å²) in [6.45, 7) is 3.25. The number of nitro groups is 2. The lowest BCUT2D eigenvalue weighted by Crippen LogP contribution is -2.07. The van der Waals surface area contributed by atoms with Crippen molar-refractivity contribution in [1.29, 1.82) is 0 Å². The number of thioether (sulfide) groups is 2. The monoisotopic (exact) mass is 564 g/mol. The average molecular weight is 565 g/mol. The van der Waals surface area contributed by atoms with E-state index in [1.54, 1.807) is 13.8 Å². The molecule has 0 saturated heterocycles. The Labute approximate surface area is 205 Å². The van der Waals surface area contributed by atoms with E-state index in [9.17, 15) is 46.6 Å². The molecule has 0 aliphatic carbocycles. The molecule has 6 nitrogen and oxygen atoms in total. The third-order valence-corrected chi connectivity index (χ3v) is 8.60. The maximum absolute atomic E-state index is 13.3. The summed E-state index contributed by atoms with van der Waals surface area (Å²) >= 11 is 1.81. The fraction of sp³-hybridized carbons (Fsp3) is 0.333. The topological polar surface area (TPSA) is 86.3 Å². The van der Waals surface area contributed by atoms with Gasteiger partial charge in [-0.15, -0.1) is 23.5 Å². The lowest BCUT2D eigenvalue weighted by molar-refractivity contribution is -0.388. The van der Waals surface area contributed by atoms with Crippen molar-refractivity contribution >= 4 is 56.5 Å². The van der Waals surface area contributed by atoms with Crippen LogP contribution in [0.25, 0.3) is 0 Å². The number of rotatable bonds is 9. The Morgan fingerprint density at radius 1 is 0.706 bits per heavy atom. The summed E-state index contributed by atoms with van der Waals surface area (Å²) in [6.07, 6.45) is -9.81. The highest BCUT2D eigenvalue weighted by Gasteiger charge is 2.36. The van der Waals surface area contributed by atoms with Gasteiger partial charge in [0, 0.05) is 21.9 Å². The lowest BCUT2D eigenvalue weighted by Gasteiger charge is -2.15. The number of hydrogen-bond acceptors (Lipinski definition) is 8. The largest absolute Gasteiger partial charge is 0.416 e. The van der Waals surface area contributed by atoms with Gasteiger partial charge in [0.1, 0.15) is 0 Å². The van der Waals surface area contributed by atoms with Crippen LogP contribution in [0.15, 0.2) is 43.8 Å². The molecule has 0 aromatic heterocycles. The van der Waals surface area contributed by atoms with Crippen molar-refractivity contribution in [3.63, 3.8) is 0 Å². The van der Waals surface area contributed by atoms with Gasteiger partial charge in [-0.25, -0.2) is 0 Å².